The van der Waals surface area contributed by atoms with Crippen LogP contribution in [0.3, 0.4) is 0 Å². The Hall–Kier alpha value is 0.210. The quantitative estimate of drug-likeness (QED) is 0.627. The highest BCUT2D eigenvalue weighted by Gasteiger charge is 2.18. The van der Waals surface area contributed by atoms with Gasteiger partial charge in [-0.1, -0.05) is 6.92 Å². The van der Waals surface area contributed by atoms with Crippen LogP contribution < -0.4 is 5.73 Å². The van der Waals surface area contributed by atoms with Crippen LogP contribution in [0.5, 0.6) is 0 Å². The Labute approximate surface area is 79.7 Å². The molecule has 0 heterocycles. The molecule has 0 aliphatic heterocycles. The predicted octanol–water partition coefficient (Wildman–Crippen LogP) is 0.975. The van der Waals surface area contributed by atoms with Crippen molar-refractivity contribution in [3.8, 4) is 0 Å². The lowest BCUT2D eigenvalue weighted by Gasteiger charge is -2.12. The van der Waals surface area contributed by atoms with E-state index in [1.54, 1.807) is 6.92 Å². The van der Waals surface area contributed by atoms with Gasteiger partial charge in [0, 0.05) is 12.3 Å². The first-order valence-electron chi connectivity index (χ1n) is 3.81. The van der Waals surface area contributed by atoms with Crippen molar-refractivity contribution >= 4 is 15.4 Å². The molecule has 0 aliphatic carbocycles. The molecule has 0 bridgehead atoms. The predicted molar refractivity (Wildman–Crippen MR) is 54.6 cm³/mol. The molecule has 3 unspecified atom stereocenters. The van der Waals surface area contributed by atoms with Crippen molar-refractivity contribution < 1.29 is 18.9 Å². The van der Waals surface area contributed by atoms with Crippen LogP contribution in [0, 0.1) is 0 Å². The first-order chi connectivity index (χ1) is 5.71. The van der Waals surface area contributed by atoms with E-state index in [4.69, 9.17) is 20.1 Å². The van der Waals surface area contributed by atoms with Crippen LogP contribution in [0.2, 0.25) is 0 Å². The molecule has 0 radical (unpaired) electrons. The van der Waals surface area contributed by atoms with Gasteiger partial charge in [0.25, 0.3) is 0 Å². The van der Waals surface area contributed by atoms with E-state index < -0.39 is 15.4 Å². The largest absolute Gasteiger partial charge is 0.502 e. The highest BCUT2D eigenvalue weighted by atomic mass is 31.2. The lowest BCUT2D eigenvalue weighted by molar-refractivity contribution is 0.469. The summed E-state index contributed by atoms with van der Waals surface area (Å²) in [7, 11) is -4.72. The Morgan fingerprint density at radius 1 is 1.62 bits per heavy atom. The lowest BCUT2D eigenvalue weighted by Crippen LogP contribution is -2.10. The molecule has 0 aromatic rings. The third-order valence-electron chi connectivity index (χ3n) is 1.40. The lowest BCUT2D eigenvalue weighted by atomic mass is 10.3. The minimum atomic E-state index is -2.85. The average Bonchev–Trinajstić information content (AvgIpc) is 1.84. The molecule has 0 aromatic heterocycles. The molecule has 0 rings (SSSR count). The van der Waals surface area contributed by atoms with Crippen LogP contribution in [0.4, 0.5) is 0 Å². The Morgan fingerprint density at radius 2 is 1.92 bits per heavy atom. The number of nitrogens with two attached hydrogens (primary N) is 1. The molecule has 13 heavy (non-hydrogen) atoms. The third kappa shape index (κ3) is 15.0. The maximum Gasteiger partial charge on any atom is 0.502 e. The summed E-state index contributed by atoms with van der Waals surface area (Å²) in [6, 6.07) is 0. The van der Waals surface area contributed by atoms with Gasteiger partial charge < -0.3 is 10.6 Å². The van der Waals surface area contributed by atoms with Crippen molar-refractivity contribution in [2.45, 2.75) is 19.0 Å². The van der Waals surface area contributed by atoms with Gasteiger partial charge in [0.2, 0.25) is 0 Å². The summed E-state index contributed by atoms with van der Waals surface area (Å²) < 4.78 is 20.0. The fourth-order valence-corrected chi connectivity index (χ4v) is 1.11. The van der Waals surface area contributed by atoms with E-state index in [1.807, 2.05) is 0 Å². The molecular weight excluding hydrogens is 212 g/mol. The Morgan fingerprint density at radius 3 is 2.00 bits per heavy atom. The second-order valence-electron chi connectivity index (χ2n) is 2.83. The standard InChI is InChI=1S/C5H14NO2P.CH3O2P/c1-5(3-4-6)9(2,7)8;1-4(2)3/h5H,3-4,6H2,1-2H3,(H,7,8);1H3/p+1. The van der Waals surface area contributed by atoms with Crippen LogP contribution in [0.1, 0.15) is 13.3 Å². The van der Waals surface area contributed by atoms with E-state index >= 15 is 0 Å². The molecule has 0 aromatic carbocycles. The normalized spacial score (nSPS) is 17.8. The topological polar surface area (TPSA) is 101 Å². The highest BCUT2D eigenvalue weighted by molar-refractivity contribution is 7.57. The van der Waals surface area contributed by atoms with Gasteiger partial charge in [-0.15, -0.1) is 0 Å². The van der Waals surface area contributed by atoms with Crippen LogP contribution in [-0.4, -0.2) is 35.3 Å². The fourth-order valence-electron chi connectivity index (χ4n) is 0.481. The van der Waals surface area contributed by atoms with Crippen molar-refractivity contribution in [3.05, 3.63) is 0 Å². The second kappa shape index (κ2) is 7.60. The smallest absolute Gasteiger partial charge is 0.344 e. The Bertz CT molecular complexity index is 187. The minimum Gasteiger partial charge on any atom is -0.344 e. The SMILES string of the molecule is CC(CCN)P(C)(=O)O.C[P+](=O)O. The zero-order valence-electron chi connectivity index (χ0n) is 8.17. The molecule has 0 spiro atoms. The average molecular weight is 230 g/mol. The van der Waals surface area contributed by atoms with Gasteiger partial charge in [0.1, 0.15) is 0 Å². The van der Waals surface area contributed by atoms with Gasteiger partial charge in [-0.2, -0.15) is 4.89 Å². The summed E-state index contributed by atoms with van der Waals surface area (Å²) in [6.45, 7) is 4.83. The van der Waals surface area contributed by atoms with Crippen molar-refractivity contribution in [1.29, 1.82) is 0 Å². The zero-order chi connectivity index (χ0) is 11.1. The van der Waals surface area contributed by atoms with Crippen LogP contribution >= 0.6 is 15.4 Å². The molecular formula is C6H18NO4P2+. The molecule has 7 heteroatoms. The highest BCUT2D eigenvalue weighted by Crippen LogP contribution is 2.42. The molecule has 0 fully saturated rings. The molecule has 0 amide bonds. The van der Waals surface area contributed by atoms with Crippen molar-refractivity contribution in [1.82, 2.24) is 0 Å². The fraction of sp³-hybridized carbons (Fsp3) is 1.00. The molecule has 0 saturated heterocycles. The van der Waals surface area contributed by atoms with Gasteiger partial charge in [-0.25, -0.2) is 0 Å². The molecule has 0 saturated carbocycles. The van der Waals surface area contributed by atoms with Crippen molar-refractivity contribution in [3.63, 3.8) is 0 Å². The summed E-state index contributed by atoms with van der Waals surface area (Å²) in [5.41, 5.74) is 5.04. The van der Waals surface area contributed by atoms with E-state index in [-0.39, 0.29) is 5.66 Å². The van der Waals surface area contributed by atoms with E-state index in [0.717, 1.165) is 0 Å². The van der Waals surface area contributed by atoms with Gasteiger partial charge in [-0.3, -0.25) is 4.57 Å². The molecule has 4 N–H and O–H groups in total. The van der Waals surface area contributed by atoms with Gasteiger partial charge in [0.05, 0.1) is 0 Å². The summed E-state index contributed by atoms with van der Waals surface area (Å²) in [5.74, 6) is 0. The van der Waals surface area contributed by atoms with Gasteiger partial charge in [-0.05, 0) is 17.5 Å². The van der Waals surface area contributed by atoms with E-state index in [1.165, 1.54) is 13.3 Å². The maximum atomic E-state index is 10.8. The first-order valence-corrected chi connectivity index (χ1v) is 7.65. The minimum absolute atomic E-state index is 0.150. The van der Waals surface area contributed by atoms with Crippen LogP contribution in [-0.2, 0) is 9.13 Å². The molecule has 0 aliphatic rings. The van der Waals surface area contributed by atoms with E-state index in [0.29, 0.717) is 13.0 Å². The van der Waals surface area contributed by atoms with Gasteiger partial charge in [0.15, 0.2) is 14.0 Å². The third-order valence-corrected chi connectivity index (χ3v) is 3.30. The van der Waals surface area contributed by atoms with E-state index in [9.17, 15) is 4.57 Å². The number of rotatable bonds is 3. The zero-order valence-corrected chi connectivity index (χ0v) is 9.96. The number of hydrogen-bond acceptors (Lipinski definition) is 3. The maximum absolute atomic E-state index is 10.8. The molecule has 3 atom stereocenters. The molecule has 80 valence electrons. The second-order valence-corrected chi connectivity index (χ2v) is 6.53. The molecule has 5 nitrogen and oxygen atoms in total. The summed E-state index contributed by atoms with van der Waals surface area (Å²) in [4.78, 5) is 16.5. The summed E-state index contributed by atoms with van der Waals surface area (Å²) in [6.07, 6.45) is 0.629. The van der Waals surface area contributed by atoms with E-state index in [2.05, 4.69) is 0 Å². The Balaban J connectivity index is 0. The van der Waals surface area contributed by atoms with Gasteiger partial charge >= 0.3 is 8.03 Å². The Kier molecular flexibility index (Phi) is 9.16. The van der Waals surface area contributed by atoms with Crippen molar-refractivity contribution in [2.75, 3.05) is 19.9 Å². The first kappa shape index (κ1) is 15.7. The van der Waals surface area contributed by atoms with Crippen LogP contribution in [0.15, 0.2) is 0 Å². The monoisotopic (exact) mass is 230 g/mol. The van der Waals surface area contributed by atoms with Crippen LogP contribution in [0.25, 0.3) is 0 Å². The summed E-state index contributed by atoms with van der Waals surface area (Å²) in [5, 5.41) is 0. The van der Waals surface area contributed by atoms with Crippen molar-refractivity contribution in [2.24, 2.45) is 5.73 Å². The number of hydrogen-bond donors (Lipinski definition) is 3. The summed E-state index contributed by atoms with van der Waals surface area (Å²) >= 11 is 0.